The van der Waals surface area contributed by atoms with Crippen LogP contribution in [0.15, 0.2) is 36.4 Å². The smallest absolute Gasteiger partial charge is 0.338 e. The van der Waals surface area contributed by atoms with Gasteiger partial charge in [0, 0.05) is 0 Å². The van der Waals surface area contributed by atoms with E-state index in [9.17, 15) is 14.0 Å². The van der Waals surface area contributed by atoms with Gasteiger partial charge in [-0.3, -0.25) is 4.79 Å². The van der Waals surface area contributed by atoms with Crippen molar-refractivity contribution in [2.45, 2.75) is 20.0 Å². The molecular weight excluding hydrogens is 363 g/mol. The second kappa shape index (κ2) is 8.67. The van der Waals surface area contributed by atoms with Crippen molar-refractivity contribution in [1.29, 1.82) is 0 Å². The van der Waals surface area contributed by atoms with E-state index in [1.807, 2.05) is 13.8 Å². The first kappa shape index (κ1) is 19.7. The monoisotopic (exact) mass is 380 g/mol. The van der Waals surface area contributed by atoms with Gasteiger partial charge in [-0.1, -0.05) is 23.7 Å². The van der Waals surface area contributed by atoms with Crippen LogP contribution in [0.1, 0.15) is 34.6 Å². The van der Waals surface area contributed by atoms with E-state index in [1.165, 1.54) is 37.4 Å². The summed E-state index contributed by atoms with van der Waals surface area (Å²) in [6.45, 7) is 3.06. The molecule has 7 heteroatoms. The van der Waals surface area contributed by atoms with E-state index in [-0.39, 0.29) is 28.0 Å². The van der Waals surface area contributed by atoms with Crippen molar-refractivity contribution in [2.75, 3.05) is 13.7 Å². The highest BCUT2D eigenvalue weighted by molar-refractivity contribution is 6.32. The fourth-order valence-corrected chi connectivity index (χ4v) is 2.42. The van der Waals surface area contributed by atoms with Crippen LogP contribution in [0.5, 0.6) is 11.5 Å². The second-order valence-electron chi connectivity index (χ2n) is 5.64. The molecule has 0 radical (unpaired) electrons. The van der Waals surface area contributed by atoms with Gasteiger partial charge in [0.1, 0.15) is 5.82 Å². The zero-order valence-corrected chi connectivity index (χ0v) is 15.3. The molecule has 0 saturated carbocycles. The maximum absolute atomic E-state index is 13.6. The highest BCUT2D eigenvalue weighted by Crippen LogP contribution is 2.37. The van der Waals surface area contributed by atoms with E-state index in [0.717, 1.165) is 6.07 Å². The molecule has 0 unspecified atom stereocenters. The van der Waals surface area contributed by atoms with Gasteiger partial charge in [-0.15, -0.1) is 0 Å². The van der Waals surface area contributed by atoms with Crippen molar-refractivity contribution in [2.24, 2.45) is 0 Å². The number of esters is 1. The first-order chi connectivity index (χ1) is 12.3. The average molecular weight is 381 g/mol. The number of ketones is 1. The molecule has 5 nitrogen and oxygen atoms in total. The van der Waals surface area contributed by atoms with Gasteiger partial charge in [0.2, 0.25) is 5.78 Å². The minimum absolute atomic E-state index is 0.0873. The number of Topliss-reactive ketones (excluding diaryl/α,β-unsaturated/α-hetero) is 1. The van der Waals surface area contributed by atoms with Crippen molar-refractivity contribution in [1.82, 2.24) is 0 Å². The lowest BCUT2D eigenvalue weighted by Crippen LogP contribution is -2.15. The third-order valence-electron chi connectivity index (χ3n) is 3.33. The second-order valence-corrected chi connectivity index (χ2v) is 6.04. The average Bonchev–Trinajstić information content (AvgIpc) is 2.60. The summed E-state index contributed by atoms with van der Waals surface area (Å²) in [7, 11) is 1.41. The standard InChI is InChI=1S/C19H18ClFO5/c1-11(2)26-18-14(20)8-12(9-17(18)24-3)19(23)25-10-16(22)13-6-4-5-7-15(13)21/h4-9,11H,10H2,1-3H3. The SMILES string of the molecule is COc1cc(C(=O)OCC(=O)c2ccccc2F)cc(Cl)c1OC(C)C. The topological polar surface area (TPSA) is 61.8 Å². The van der Waals surface area contributed by atoms with Crippen LogP contribution in [0, 0.1) is 5.82 Å². The van der Waals surface area contributed by atoms with Gasteiger partial charge in [0.25, 0.3) is 0 Å². The van der Waals surface area contributed by atoms with Crippen LogP contribution in [0.4, 0.5) is 4.39 Å². The predicted octanol–water partition coefficient (Wildman–Crippen LogP) is 4.31. The summed E-state index contributed by atoms with van der Waals surface area (Å²) in [5, 5.41) is 0.172. The summed E-state index contributed by atoms with van der Waals surface area (Å²) < 4.78 is 29.3. The number of ether oxygens (including phenoxy) is 3. The van der Waals surface area contributed by atoms with Crippen molar-refractivity contribution in [3.05, 3.63) is 58.4 Å². The molecule has 0 amide bonds. The Bertz CT molecular complexity index is 820. The number of rotatable bonds is 7. The highest BCUT2D eigenvalue weighted by atomic mass is 35.5. The number of methoxy groups -OCH3 is 1. The Morgan fingerprint density at radius 3 is 2.50 bits per heavy atom. The first-order valence-corrected chi connectivity index (χ1v) is 8.20. The van der Waals surface area contributed by atoms with Gasteiger partial charge >= 0.3 is 5.97 Å². The molecule has 0 heterocycles. The van der Waals surface area contributed by atoms with Gasteiger partial charge in [0.15, 0.2) is 18.1 Å². The Balaban J connectivity index is 2.13. The molecule has 0 saturated heterocycles. The van der Waals surface area contributed by atoms with Crippen molar-refractivity contribution >= 4 is 23.4 Å². The Morgan fingerprint density at radius 1 is 1.19 bits per heavy atom. The van der Waals surface area contributed by atoms with Crippen LogP contribution in [-0.4, -0.2) is 31.6 Å². The Labute approximate surface area is 155 Å². The van der Waals surface area contributed by atoms with E-state index in [0.29, 0.717) is 5.75 Å². The lowest BCUT2D eigenvalue weighted by atomic mass is 10.1. The van der Waals surface area contributed by atoms with E-state index in [1.54, 1.807) is 0 Å². The van der Waals surface area contributed by atoms with E-state index in [2.05, 4.69) is 0 Å². The van der Waals surface area contributed by atoms with Crippen LogP contribution in [0.25, 0.3) is 0 Å². The summed E-state index contributed by atoms with van der Waals surface area (Å²) in [6.07, 6.45) is -0.141. The maximum atomic E-state index is 13.6. The molecule has 2 aromatic rings. The van der Waals surface area contributed by atoms with Crippen molar-refractivity contribution in [3.63, 3.8) is 0 Å². The Morgan fingerprint density at radius 2 is 1.88 bits per heavy atom. The highest BCUT2D eigenvalue weighted by Gasteiger charge is 2.19. The zero-order chi connectivity index (χ0) is 19.3. The Kier molecular flexibility index (Phi) is 6.58. The summed E-state index contributed by atoms with van der Waals surface area (Å²) in [5.41, 5.74) is -0.0547. The molecular formula is C19H18ClFO5. The van der Waals surface area contributed by atoms with E-state index < -0.39 is 24.2 Å². The molecule has 0 atom stereocenters. The quantitative estimate of drug-likeness (QED) is 0.529. The molecule has 0 fully saturated rings. The Hall–Kier alpha value is -2.60. The maximum Gasteiger partial charge on any atom is 0.338 e. The van der Waals surface area contributed by atoms with Crippen molar-refractivity contribution in [3.8, 4) is 11.5 Å². The molecule has 138 valence electrons. The number of hydrogen-bond acceptors (Lipinski definition) is 5. The molecule has 0 N–H and O–H groups in total. The number of halogens is 2. The zero-order valence-electron chi connectivity index (χ0n) is 14.5. The third kappa shape index (κ3) is 4.73. The number of carbonyl (C=O) groups is 2. The molecule has 0 aliphatic carbocycles. The molecule has 0 aliphatic heterocycles. The van der Waals surface area contributed by atoms with E-state index in [4.69, 9.17) is 25.8 Å². The predicted molar refractivity (Wildman–Crippen MR) is 94.8 cm³/mol. The molecule has 0 spiro atoms. The molecule has 2 aromatic carbocycles. The summed E-state index contributed by atoms with van der Waals surface area (Å²) in [5.74, 6) is -1.53. The lowest BCUT2D eigenvalue weighted by molar-refractivity contribution is 0.0473. The molecule has 0 aliphatic rings. The van der Waals surface area contributed by atoms with E-state index >= 15 is 0 Å². The largest absolute Gasteiger partial charge is 0.493 e. The fraction of sp³-hybridized carbons (Fsp3) is 0.263. The minimum atomic E-state index is -0.786. The van der Waals surface area contributed by atoms with Gasteiger partial charge < -0.3 is 14.2 Å². The minimum Gasteiger partial charge on any atom is -0.493 e. The molecule has 26 heavy (non-hydrogen) atoms. The molecule has 2 rings (SSSR count). The van der Waals surface area contributed by atoms with Crippen LogP contribution < -0.4 is 9.47 Å². The summed E-state index contributed by atoms with van der Waals surface area (Å²) >= 11 is 6.15. The first-order valence-electron chi connectivity index (χ1n) is 7.82. The van der Waals surface area contributed by atoms with Gasteiger partial charge in [-0.05, 0) is 38.1 Å². The van der Waals surface area contributed by atoms with Crippen LogP contribution in [0.2, 0.25) is 5.02 Å². The normalized spacial score (nSPS) is 10.5. The van der Waals surface area contributed by atoms with Crippen LogP contribution in [-0.2, 0) is 4.74 Å². The van der Waals surface area contributed by atoms with Crippen molar-refractivity contribution < 1.29 is 28.2 Å². The van der Waals surface area contributed by atoms with Gasteiger partial charge in [0.05, 0.1) is 29.4 Å². The fourth-order valence-electron chi connectivity index (χ4n) is 2.17. The molecule has 0 bridgehead atoms. The van der Waals surface area contributed by atoms with Crippen LogP contribution in [0.3, 0.4) is 0 Å². The number of hydrogen-bond donors (Lipinski definition) is 0. The molecule has 0 aromatic heterocycles. The van der Waals surface area contributed by atoms with Crippen LogP contribution >= 0.6 is 11.6 Å². The lowest BCUT2D eigenvalue weighted by Gasteiger charge is -2.16. The summed E-state index contributed by atoms with van der Waals surface area (Å²) in [4.78, 5) is 24.2. The van der Waals surface area contributed by atoms with Gasteiger partial charge in [-0.25, -0.2) is 9.18 Å². The number of carbonyl (C=O) groups excluding carboxylic acids is 2. The third-order valence-corrected chi connectivity index (χ3v) is 3.61. The van der Waals surface area contributed by atoms with Gasteiger partial charge in [-0.2, -0.15) is 0 Å². The number of benzene rings is 2. The summed E-state index contributed by atoms with van der Waals surface area (Å²) in [6, 6.07) is 8.23.